The maximum absolute atomic E-state index is 13.5. The van der Waals surface area contributed by atoms with Crippen LogP contribution < -0.4 is 5.73 Å². The molecule has 0 aliphatic carbocycles. The minimum Gasteiger partial charge on any atom is -0.327 e. The monoisotopic (exact) mass is 250 g/mol. The molecule has 2 atom stereocenters. The number of rotatable bonds is 5. The Morgan fingerprint density at radius 2 is 2.22 bits per heavy atom. The number of nitrogens with two attached hydrogens (primary N) is 1. The average Bonchev–Trinajstić information content (AvgIpc) is 2.75. The lowest BCUT2D eigenvalue weighted by Gasteiger charge is -2.22. The summed E-state index contributed by atoms with van der Waals surface area (Å²) in [5.41, 5.74) is 6.84. The third kappa shape index (κ3) is 3.53. The molecular formula is C15H23FN2. The molecule has 0 bridgehead atoms. The summed E-state index contributed by atoms with van der Waals surface area (Å²) in [6.45, 7) is 4.50. The lowest BCUT2D eigenvalue weighted by atomic mass is 10.0. The van der Waals surface area contributed by atoms with Gasteiger partial charge in [0.05, 0.1) is 0 Å². The minimum absolute atomic E-state index is 0.0506. The molecule has 1 saturated heterocycles. The van der Waals surface area contributed by atoms with Crippen LogP contribution in [0.3, 0.4) is 0 Å². The molecule has 0 aromatic heterocycles. The second-order valence-corrected chi connectivity index (χ2v) is 5.37. The smallest absolute Gasteiger partial charge is 0.126 e. The van der Waals surface area contributed by atoms with Gasteiger partial charge in [0.2, 0.25) is 0 Å². The number of halogens is 1. The molecule has 3 heteroatoms. The lowest BCUT2D eigenvalue weighted by molar-refractivity contribution is 0.257. The molecule has 1 unspecified atom stereocenters. The summed E-state index contributed by atoms with van der Waals surface area (Å²) in [6.07, 6.45) is 4.17. The Balaban J connectivity index is 1.78. The Morgan fingerprint density at radius 1 is 1.44 bits per heavy atom. The number of hydrogen-bond donors (Lipinski definition) is 1. The van der Waals surface area contributed by atoms with E-state index in [-0.39, 0.29) is 11.9 Å². The molecule has 1 aliphatic heterocycles. The van der Waals surface area contributed by atoms with E-state index in [1.165, 1.54) is 25.5 Å². The highest BCUT2D eigenvalue weighted by molar-refractivity contribution is 5.18. The first-order valence-electron chi connectivity index (χ1n) is 6.90. The number of likely N-dealkylation sites (tertiary alicyclic amines) is 1. The number of benzene rings is 1. The van der Waals surface area contributed by atoms with E-state index < -0.39 is 0 Å². The molecule has 18 heavy (non-hydrogen) atoms. The number of nitrogens with zero attached hydrogens (tertiary/aromatic N) is 1. The molecule has 2 rings (SSSR count). The van der Waals surface area contributed by atoms with Gasteiger partial charge in [0, 0.05) is 12.1 Å². The first-order valence-corrected chi connectivity index (χ1v) is 6.90. The maximum Gasteiger partial charge on any atom is 0.126 e. The van der Waals surface area contributed by atoms with Crippen molar-refractivity contribution in [1.82, 2.24) is 4.90 Å². The fraction of sp³-hybridized carbons (Fsp3) is 0.600. The van der Waals surface area contributed by atoms with E-state index in [0.29, 0.717) is 12.5 Å². The summed E-state index contributed by atoms with van der Waals surface area (Å²) in [5.74, 6) is -0.137. The molecule has 1 aromatic rings. The second-order valence-electron chi connectivity index (χ2n) is 5.37. The van der Waals surface area contributed by atoms with Gasteiger partial charge in [-0.05, 0) is 57.3 Å². The lowest BCUT2D eigenvalue weighted by Crippen LogP contribution is -2.33. The van der Waals surface area contributed by atoms with Gasteiger partial charge in [0.25, 0.3) is 0 Å². The van der Waals surface area contributed by atoms with Gasteiger partial charge >= 0.3 is 0 Å². The molecule has 1 aromatic carbocycles. The van der Waals surface area contributed by atoms with E-state index in [4.69, 9.17) is 5.73 Å². The van der Waals surface area contributed by atoms with Crippen molar-refractivity contribution >= 4 is 0 Å². The highest BCUT2D eigenvalue weighted by Crippen LogP contribution is 2.17. The Labute approximate surface area is 109 Å². The van der Waals surface area contributed by atoms with Crippen molar-refractivity contribution in [3.05, 3.63) is 35.6 Å². The second kappa shape index (κ2) is 6.30. The van der Waals surface area contributed by atoms with Crippen LogP contribution in [0.1, 0.15) is 31.7 Å². The van der Waals surface area contributed by atoms with Gasteiger partial charge < -0.3 is 10.6 Å². The van der Waals surface area contributed by atoms with E-state index in [9.17, 15) is 4.39 Å². The van der Waals surface area contributed by atoms with Crippen LogP contribution in [-0.4, -0.2) is 30.1 Å². The molecular weight excluding hydrogens is 227 g/mol. The van der Waals surface area contributed by atoms with Gasteiger partial charge in [-0.15, -0.1) is 0 Å². The summed E-state index contributed by atoms with van der Waals surface area (Å²) >= 11 is 0. The summed E-state index contributed by atoms with van der Waals surface area (Å²) in [5, 5.41) is 0. The topological polar surface area (TPSA) is 29.3 Å². The van der Waals surface area contributed by atoms with E-state index in [0.717, 1.165) is 18.5 Å². The van der Waals surface area contributed by atoms with Gasteiger partial charge in [-0.2, -0.15) is 0 Å². The molecule has 1 aliphatic rings. The van der Waals surface area contributed by atoms with Crippen molar-refractivity contribution < 1.29 is 4.39 Å². The third-order valence-electron chi connectivity index (χ3n) is 3.92. The quantitative estimate of drug-likeness (QED) is 0.870. The zero-order valence-corrected chi connectivity index (χ0v) is 11.1. The Morgan fingerprint density at radius 3 is 2.89 bits per heavy atom. The Bertz CT molecular complexity index is 381. The van der Waals surface area contributed by atoms with Crippen LogP contribution in [0.4, 0.5) is 4.39 Å². The highest BCUT2D eigenvalue weighted by Gasteiger charge is 2.20. The zero-order valence-electron chi connectivity index (χ0n) is 11.1. The van der Waals surface area contributed by atoms with E-state index >= 15 is 0 Å². The molecule has 0 saturated carbocycles. The van der Waals surface area contributed by atoms with Gasteiger partial charge in [0.15, 0.2) is 0 Å². The largest absolute Gasteiger partial charge is 0.327 e. The van der Waals surface area contributed by atoms with Crippen LogP contribution in [0, 0.1) is 5.82 Å². The molecule has 2 N–H and O–H groups in total. The number of hydrogen-bond acceptors (Lipinski definition) is 2. The molecule has 0 amide bonds. The van der Waals surface area contributed by atoms with E-state index in [1.807, 2.05) is 12.1 Å². The van der Waals surface area contributed by atoms with Crippen molar-refractivity contribution in [3.63, 3.8) is 0 Å². The molecule has 2 nitrogen and oxygen atoms in total. The molecule has 0 radical (unpaired) electrons. The fourth-order valence-electron chi connectivity index (χ4n) is 2.71. The SMILES string of the molecule is C[C@@H]1CCCN1CCC(N)Cc1ccccc1F. The van der Waals surface area contributed by atoms with E-state index in [1.54, 1.807) is 6.07 Å². The molecule has 1 heterocycles. The van der Waals surface area contributed by atoms with E-state index in [2.05, 4.69) is 11.8 Å². The zero-order chi connectivity index (χ0) is 13.0. The predicted molar refractivity (Wildman–Crippen MR) is 73.0 cm³/mol. The van der Waals surface area contributed by atoms with Crippen LogP contribution in [-0.2, 0) is 6.42 Å². The van der Waals surface area contributed by atoms with Crippen molar-refractivity contribution in [2.45, 2.75) is 44.7 Å². The maximum atomic E-state index is 13.5. The first-order chi connectivity index (χ1) is 8.66. The molecule has 1 fully saturated rings. The van der Waals surface area contributed by atoms with Crippen LogP contribution in [0.5, 0.6) is 0 Å². The van der Waals surface area contributed by atoms with Crippen molar-refractivity contribution in [3.8, 4) is 0 Å². The molecule has 0 spiro atoms. The van der Waals surface area contributed by atoms with Gasteiger partial charge in [-0.25, -0.2) is 4.39 Å². The van der Waals surface area contributed by atoms with Crippen molar-refractivity contribution in [2.24, 2.45) is 5.73 Å². The van der Waals surface area contributed by atoms with Crippen LogP contribution in [0.25, 0.3) is 0 Å². The van der Waals surface area contributed by atoms with Crippen molar-refractivity contribution in [1.29, 1.82) is 0 Å². The predicted octanol–water partition coefficient (Wildman–Crippen LogP) is 2.57. The normalized spacial score (nSPS) is 22.3. The molecule has 100 valence electrons. The first kappa shape index (κ1) is 13.5. The van der Waals surface area contributed by atoms with Gasteiger partial charge in [-0.3, -0.25) is 0 Å². The van der Waals surface area contributed by atoms with Gasteiger partial charge in [0.1, 0.15) is 5.82 Å². The Hall–Kier alpha value is -0.930. The fourth-order valence-corrected chi connectivity index (χ4v) is 2.71. The Kier molecular flexibility index (Phi) is 4.72. The van der Waals surface area contributed by atoms with Gasteiger partial charge in [-0.1, -0.05) is 18.2 Å². The summed E-state index contributed by atoms with van der Waals surface area (Å²) in [7, 11) is 0. The summed E-state index contributed by atoms with van der Waals surface area (Å²) in [4.78, 5) is 2.49. The van der Waals surface area contributed by atoms with Crippen molar-refractivity contribution in [2.75, 3.05) is 13.1 Å². The summed E-state index contributed by atoms with van der Waals surface area (Å²) in [6, 6.07) is 7.66. The standard InChI is InChI=1S/C15H23FN2/c1-12-5-4-9-18(12)10-8-14(17)11-13-6-2-3-7-15(13)16/h2-3,6-7,12,14H,4-5,8-11,17H2,1H3/t12-,14?/m1/s1. The van der Waals surface area contributed by atoms with Crippen LogP contribution >= 0.6 is 0 Å². The highest BCUT2D eigenvalue weighted by atomic mass is 19.1. The van der Waals surface area contributed by atoms with Crippen LogP contribution in [0.2, 0.25) is 0 Å². The third-order valence-corrected chi connectivity index (χ3v) is 3.92. The average molecular weight is 250 g/mol. The summed E-state index contributed by atoms with van der Waals surface area (Å²) < 4.78 is 13.5. The van der Waals surface area contributed by atoms with Crippen LogP contribution in [0.15, 0.2) is 24.3 Å². The minimum atomic E-state index is -0.137.